The molecule has 2 aromatic carbocycles. The van der Waals surface area contributed by atoms with Gasteiger partial charge in [-0.2, -0.15) is 0 Å². The van der Waals surface area contributed by atoms with Crippen molar-refractivity contribution in [2.24, 2.45) is 5.73 Å². The van der Waals surface area contributed by atoms with Gasteiger partial charge in [-0.15, -0.1) is 6.42 Å². The summed E-state index contributed by atoms with van der Waals surface area (Å²) in [6, 6.07) is 9.66. The number of nitrogens with zero attached hydrogens (tertiary/aromatic N) is 1. The number of unbranched alkanes of at least 4 members (excludes halogenated alkanes) is 1. The zero-order valence-corrected chi connectivity index (χ0v) is 25.0. The van der Waals surface area contributed by atoms with E-state index in [0.29, 0.717) is 34.7 Å². The van der Waals surface area contributed by atoms with E-state index < -0.39 is 41.5 Å². The molecule has 0 radical (unpaired) electrons. The summed E-state index contributed by atoms with van der Waals surface area (Å²) in [5.41, 5.74) is 6.53. The summed E-state index contributed by atoms with van der Waals surface area (Å²) in [6.45, 7) is 8.98. The first-order valence-electron chi connectivity index (χ1n) is 13.5. The van der Waals surface area contributed by atoms with Gasteiger partial charge in [-0.1, -0.05) is 61.2 Å². The van der Waals surface area contributed by atoms with Gasteiger partial charge in [-0.25, -0.2) is 4.79 Å². The van der Waals surface area contributed by atoms with Crippen LogP contribution in [0.1, 0.15) is 76.1 Å². The summed E-state index contributed by atoms with van der Waals surface area (Å²) in [4.78, 5) is 54.0. The van der Waals surface area contributed by atoms with E-state index in [1.54, 1.807) is 70.2 Å². The second-order valence-corrected chi connectivity index (χ2v) is 11.1. The van der Waals surface area contributed by atoms with Gasteiger partial charge < -0.3 is 26.0 Å². The van der Waals surface area contributed by atoms with Crippen molar-refractivity contribution in [3.8, 4) is 12.3 Å². The van der Waals surface area contributed by atoms with E-state index in [2.05, 4.69) is 16.6 Å². The molecule has 4 amide bonds. The first-order chi connectivity index (χ1) is 19.3. The van der Waals surface area contributed by atoms with Crippen molar-refractivity contribution in [1.29, 1.82) is 0 Å². The molecule has 41 heavy (non-hydrogen) atoms. The van der Waals surface area contributed by atoms with Crippen LogP contribution < -0.4 is 16.4 Å². The van der Waals surface area contributed by atoms with E-state index in [0.717, 1.165) is 5.56 Å². The van der Waals surface area contributed by atoms with E-state index in [1.165, 1.54) is 4.90 Å². The Labute approximate surface area is 247 Å². The number of alkyl carbamates (subject to hydrolysis) is 1. The van der Waals surface area contributed by atoms with Crippen molar-refractivity contribution in [1.82, 2.24) is 10.2 Å². The fourth-order valence-electron chi connectivity index (χ4n) is 4.19. The number of carbonyl (C=O) groups is 4. The molecule has 0 saturated heterocycles. The van der Waals surface area contributed by atoms with Gasteiger partial charge in [0.15, 0.2) is 0 Å². The number of nitrogens with two attached hydrogens (primary N) is 1. The Morgan fingerprint density at radius 1 is 1.12 bits per heavy atom. The van der Waals surface area contributed by atoms with Gasteiger partial charge >= 0.3 is 6.09 Å². The van der Waals surface area contributed by atoms with Crippen LogP contribution in [0.5, 0.6) is 0 Å². The minimum Gasteiger partial charge on any atom is -0.444 e. The number of terminal acetylenes is 1. The summed E-state index contributed by atoms with van der Waals surface area (Å²) in [5.74, 6) is 0.825. The van der Waals surface area contributed by atoms with Crippen LogP contribution in [0.4, 0.5) is 10.5 Å². The number of hydrogen-bond donors (Lipinski definition) is 3. The molecule has 0 aliphatic heterocycles. The third-order valence-corrected chi connectivity index (χ3v) is 6.46. The molecule has 0 aromatic heterocycles. The normalized spacial score (nSPS) is 12.4. The van der Waals surface area contributed by atoms with E-state index in [9.17, 15) is 19.2 Å². The lowest BCUT2D eigenvalue weighted by atomic mass is 9.96. The number of anilines is 1. The predicted molar refractivity (Wildman–Crippen MR) is 160 cm³/mol. The molecule has 2 aromatic rings. The number of primary amides is 1. The molecule has 4 N–H and O–H groups in total. The Morgan fingerprint density at radius 2 is 1.80 bits per heavy atom. The lowest BCUT2D eigenvalue weighted by molar-refractivity contribution is -0.141. The molecule has 2 rings (SSSR count). The number of amides is 4. The average molecular weight is 583 g/mol. The molecule has 0 aliphatic carbocycles. The highest BCUT2D eigenvalue weighted by Crippen LogP contribution is 2.31. The molecule has 0 saturated carbocycles. The highest BCUT2D eigenvalue weighted by molar-refractivity contribution is 6.34. The van der Waals surface area contributed by atoms with Crippen molar-refractivity contribution in [3.05, 3.63) is 64.2 Å². The summed E-state index contributed by atoms with van der Waals surface area (Å²) in [6.07, 6.45) is 5.95. The number of nitrogens with one attached hydrogen (secondary N) is 2. The molecule has 9 nitrogen and oxygen atoms in total. The van der Waals surface area contributed by atoms with Gasteiger partial charge in [0.05, 0.1) is 10.7 Å². The zero-order valence-electron chi connectivity index (χ0n) is 24.3. The quantitative estimate of drug-likeness (QED) is 0.300. The molecule has 2 atom stereocenters. The van der Waals surface area contributed by atoms with Crippen molar-refractivity contribution in [2.45, 2.75) is 78.0 Å². The van der Waals surface area contributed by atoms with Crippen LogP contribution >= 0.6 is 11.6 Å². The Balaban J connectivity index is 2.64. The van der Waals surface area contributed by atoms with Gasteiger partial charge in [-0.05, 0) is 63.8 Å². The molecular formula is C31H39ClN4O5. The van der Waals surface area contributed by atoms with Crippen LogP contribution in [-0.2, 0) is 19.1 Å². The maximum Gasteiger partial charge on any atom is 0.408 e. The second kappa shape index (κ2) is 15.1. The van der Waals surface area contributed by atoms with E-state index in [4.69, 9.17) is 28.5 Å². The molecule has 220 valence electrons. The predicted octanol–water partition coefficient (Wildman–Crippen LogP) is 5.10. The zero-order chi connectivity index (χ0) is 30.7. The van der Waals surface area contributed by atoms with Crippen LogP contribution in [0, 0.1) is 19.3 Å². The van der Waals surface area contributed by atoms with Crippen molar-refractivity contribution >= 4 is 41.1 Å². The number of hydrogen-bond acceptors (Lipinski definition) is 5. The first-order valence-corrected chi connectivity index (χ1v) is 13.9. The fraction of sp³-hybridized carbons (Fsp3) is 0.419. The SMILES string of the molecule is C#Cc1ccccc1C(C(=O)Nc1c(C)cccc1Cl)N(CCCC)C(=O)C(CCC(N)=O)NC(=O)OC(C)(C)C. The van der Waals surface area contributed by atoms with Crippen molar-refractivity contribution < 1.29 is 23.9 Å². The average Bonchev–Trinajstić information content (AvgIpc) is 2.89. The Hall–Kier alpha value is -4.03. The molecule has 0 heterocycles. The Bertz CT molecular complexity index is 1280. The maximum absolute atomic E-state index is 14.2. The highest BCUT2D eigenvalue weighted by Gasteiger charge is 2.37. The third-order valence-electron chi connectivity index (χ3n) is 6.15. The lowest BCUT2D eigenvalue weighted by Gasteiger charge is -2.35. The van der Waals surface area contributed by atoms with Crippen LogP contribution in [0.2, 0.25) is 5.02 Å². The molecule has 0 aliphatic rings. The number of aryl methyl sites for hydroxylation is 1. The third kappa shape index (κ3) is 9.83. The van der Waals surface area contributed by atoms with E-state index in [-0.39, 0.29) is 19.4 Å². The number of benzene rings is 2. The molecule has 0 spiro atoms. The topological polar surface area (TPSA) is 131 Å². The number of halogens is 1. The van der Waals surface area contributed by atoms with Gasteiger partial charge in [0.2, 0.25) is 11.8 Å². The summed E-state index contributed by atoms with van der Waals surface area (Å²) >= 11 is 6.41. The molecule has 0 fully saturated rings. The highest BCUT2D eigenvalue weighted by atomic mass is 35.5. The summed E-state index contributed by atoms with van der Waals surface area (Å²) in [5, 5.41) is 5.79. The Morgan fingerprint density at radius 3 is 2.39 bits per heavy atom. The van der Waals surface area contributed by atoms with Crippen molar-refractivity contribution in [3.63, 3.8) is 0 Å². The molecule has 10 heteroatoms. The molecular weight excluding hydrogens is 544 g/mol. The van der Waals surface area contributed by atoms with Gasteiger partial charge in [0.1, 0.15) is 17.7 Å². The van der Waals surface area contributed by atoms with Crippen LogP contribution in [0.15, 0.2) is 42.5 Å². The minimum atomic E-state index is -1.20. The van der Waals surface area contributed by atoms with Gasteiger partial charge in [0.25, 0.3) is 5.91 Å². The largest absolute Gasteiger partial charge is 0.444 e. The first kappa shape index (κ1) is 33.2. The summed E-state index contributed by atoms with van der Waals surface area (Å²) in [7, 11) is 0. The number of rotatable bonds is 12. The molecule has 2 unspecified atom stereocenters. The van der Waals surface area contributed by atoms with Crippen LogP contribution in [0.3, 0.4) is 0 Å². The van der Waals surface area contributed by atoms with E-state index >= 15 is 0 Å². The maximum atomic E-state index is 14.2. The van der Waals surface area contributed by atoms with Gasteiger partial charge in [-0.3, -0.25) is 14.4 Å². The Kier molecular flexibility index (Phi) is 12.2. The lowest BCUT2D eigenvalue weighted by Crippen LogP contribution is -2.53. The number of carbonyl (C=O) groups excluding carboxylic acids is 4. The van der Waals surface area contributed by atoms with E-state index in [1.807, 2.05) is 6.92 Å². The summed E-state index contributed by atoms with van der Waals surface area (Å²) < 4.78 is 5.36. The second-order valence-electron chi connectivity index (χ2n) is 10.6. The number of ether oxygens (including phenoxy) is 1. The fourth-order valence-corrected chi connectivity index (χ4v) is 4.46. The minimum absolute atomic E-state index is 0.0925. The molecule has 0 bridgehead atoms. The van der Waals surface area contributed by atoms with Crippen LogP contribution in [0.25, 0.3) is 0 Å². The number of para-hydroxylation sites is 1. The standard InChI is InChI=1S/C31H39ClN4O5/c1-7-9-19-36(29(39)24(17-18-25(33)37)34-30(40)41-31(4,5)6)27(22-15-11-10-14-21(22)8-2)28(38)35-26-20(3)13-12-16-23(26)32/h2,10-16,24,27H,7,9,17-19H2,1,3-6H3,(H2,33,37)(H,34,40)(H,35,38). The van der Waals surface area contributed by atoms with Crippen LogP contribution in [-0.4, -0.2) is 46.9 Å². The van der Waals surface area contributed by atoms with Crippen molar-refractivity contribution in [2.75, 3.05) is 11.9 Å². The van der Waals surface area contributed by atoms with Gasteiger partial charge in [0, 0.05) is 18.5 Å². The monoisotopic (exact) mass is 582 g/mol. The smallest absolute Gasteiger partial charge is 0.408 e.